The predicted molar refractivity (Wildman–Crippen MR) is 138 cm³/mol. The van der Waals surface area contributed by atoms with Gasteiger partial charge in [0.05, 0.1) is 34.6 Å². The van der Waals surface area contributed by atoms with Gasteiger partial charge < -0.3 is 10.1 Å². The highest BCUT2D eigenvalue weighted by molar-refractivity contribution is 7.99. The Balaban J connectivity index is 1.70. The number of hydrogen-bond acceptors (Lipinski definition) is 5. The molecule has 0 fully saturated rings. The average Bonchev–Trinajstić information content (AvgIpc) is 2.84. The zero-order chi connectivity index (χ0) is 24.1. The number of aromatic nitrogens is 2. The number of nitrogens with zero attached hydrogens (tertiary/aromatic N) is 2. The van der Waals surface area contributed by atoms with E-state index in [9.17, 15) is 9.59 Å². The van der Waals surface area contributed by atoms with E-state index in [2.05, 4.69) is 19.2 Å². The van der Waals surface area contributed by atoms with Gasteiger partial charge in [-0.1, -0.05) is 68.1 Å². The van der Waals surface area contributed by atoms with Gasteiger partial charge in [0.15, 0.2) is 5.16 Å². The number of thioether (sulfide) groups is 1. The lowest BCUT2D eigenvalue weighted by Gasteiger charge is -2.18. The second-order valence-corrected chi connectivity index (χ2v) is 8.97. The summed E-state index contributed by atoms with van der Waals surface area (Å²) in [7, 11) is 0. The fourth-order valence-corrected chi connectivity index (χ4v) is 4.57. The van der Waals surface area contributed by atoms with Gasteiger partial charge in [-0.3, -0.25) is 14.2 Å². The van der Waals surface area contributed by atoms with E-state index >= 15 is 0 Å². The van der Waals surface area contributed by atoms with Crippen molar-refractivity contribution in [3.05, 3.63) is 88.7 Å². The summed E-state index contributed by atoms with van der Waals surface area (Å²) in [5.74, 6) is 0.721. The quantitative estimate of drug-likeness (QED) is 0.265. The number of carbonyl (C=O) groups excluding carboxylic acids is 1. The van der Waals surface area contributed by atoms with Crippen LogP contribution in [0.3, 0.4) is 0 Å². The Bertz CT molecular complexity index is 1380. The summed E-state index contributed by atoms with van der Waals surface area (Å²) in [6, 6.07) is 22.4. The van der Waals surface area contributed by atoms with Crippen LogP contribution in [0.15, 0.2) is 82.7 Å². The molecule has 0 radical (unpaired) electrons. The van der Waals surface area contributed by atoms with E-state index in [1.165, 1.54) is 11.8 Å². The number of carbonyl (C=O) groups is 1. The molecule has 0 bridgehead atoms. The van der Waals surface area contributed by atoms with E-state index in [4.69, 9.17) is 9.72 Å². The number of nitrogens with one attached hydrogen (secondary N) is 1. The summed E-state index contributed by atoms with van der Waals surface area (Å²) in [5.41, 5.74) is 2.90. The minimum absolute atomic E-state index is 0.0923. The summed E-state index contributed by atoms with van der Waals surface area (Å²) in [4.78, 5) is 31.1. The highest BCUT2D eigenvalue weighted by Crippen LogP contribution is 2.28. The summed E-state index contributed by atoms with van der Waals surface area (Å²) in [6.07, 6.45) is 0. The van der Waals surface area contributed by atoms with E-state index in [1.807, 2.05) is 67.6 Å². The van der Waals surface area contributed by atoms with E-state index < -0.39 is 0 Å². The zero-order valence-corrected chi connectivity index (χ0v) is 20.3. The Labute approximate surface area is 203 Å². The van der Waals surface area contributed by atoms with E-state index in [1.54, 1.807) is 16.7 Å². The number of ether oxygens (including phenoxy) is 1. The van der Waals surface area contributed by atoms with Crippen LogP contribution in [0, 0.1) is 0 Å². The van der Waals surface area contributed by atoms with Crippen LogP contribution in [0.4, 0.5) is 5.69 Å². The molecule has 4 aromatic rings. The van der Waals surface area contributed by atoms with Gasteiger partial charge in [0.2, 0.25) is 5.91 Å². The van der Waals surface area contributed by atoms with Crippen molar-refractivity contribution >= 4 is 34.3 Å². The lowest BCUT2D eigenvalue weighted by Crippen LogP contribution is -2.24. The van der Waals surface area contributed by atoms with Crippen molar-refractivity contribution in [1.82, 2.24) is 9.55 Å². The molecular weight excluding hydrogens is 446 g/mol. The molecule has 0 aliphatic heterocycles. The zero-order valence-electron chi connectivity index (χ0n) is 19.4. The first-order valence-corrected chi connectivity index (χ1v) is 12.2. The molecular formula is C27H27N3O3S. The Morgan fingerprint density at radius 3 is 2.53 bits per heavy atom. The molecule has 0 unspecified atom stereocenters. The third kappa shape index (κ3) is 4.99. The van der Waals surface area contributed by atoms with Crippen LogP contribution in [0.5, 0.6) is 5.75 Å². The fraction of sp³-hybridized carbons (Fsp3) is 0.222. The van der Waals surface area contributed by atoms with Crippen molar-refractivity contribution in [2.75, 3.05) is 17.7 Å². The minimum Gasteiger partial charge on any atom is -0.492 e. The maximum absolute atomic E-state index is 13.6. The molecule has 0 saturated carbocycles. The maximum Gasteiger partial charge on any atom is 0.266 e. The average molecular weight is 474 g/mol. The Morgan fingerprint density at radius 1 is 1.03 bits per heavy atom. The largest absolute Gasteiger partial charge is 0.492 e. The van der Waals surface area contributed by atoms with Gasteiger partial charge in [0.1, 0.15) is 5.75 Å². The van der Waals surface area contributed by atoms with Crippen molar-refractivity contribution < 1.29 is 9.53 Å². The van der Waals surface area contributed by atoms with Crippen LogP contribution in [0.1, 0.15) is 32.3 Å². The van der Waals surface area contributed by atoms with Gasteiger partial charge in [-0.2, -0.15) is 0 Å². The highest BCUT2D eigenvalue weighted by atomic mass is 32.2. The minimum atomic E-state index is -0.205. The molecule has 0 atom stereocenters. The normalized spacial score (nSPS) is 11.1. The third-order valence-corrected chi connectivity index (χ3v) is 6.28. The van der Waals surface area contributed by atoms with Gasteiger partial charge in [-0.25, -0.2) is 4.98 Å². The van der Waals surface area contributed by atoms with Gasteiger partial charge in [0, 0.05) is 0 Å². The van der Waals surface area contributed by atoms with E-state index in [0.717, 1.165) is 11.3 Å². The molecule has 174 valence electrons. The monoisotopic (exact) mass is 473 g/mol. The summed E-state index contributed by atoms with van der Waals surface area (Å²) in [5, 5.41) is 3.93. The molecule has 1 amide bonds. The number of para-hydroxylation sites is 4. The van der Waals surface area contributed by atoms with Crippen molar-refractivity contribution in [3.8, 4) is 11.4 Å². The number of amides is 1. The molecule has 0 aliphatic carbocycles. The van der Waals surface area contributed by atoms with Gasteiger partial charge in [0.25, 0.3) is 5.56 Å². The first-order valence-electron chi connectivity index (χ1n) is 11.2. The topological polar surface area (TPSA) is 73.2 Å². The lowest BCUT2D eigenvalue weighted by molar-refractivity contribution is -0.113. The van der Waals surface area contributed by atoms with Crippen molar-refractivity contribution in [2.24, 2.45) is 0 Å². The predicted octanol–water partition coefficient (Wildman–Crippen LogP) is 5.64. The van der Waals surface area contributed by atoms with Crippen LogP contribution < -0.4 is 15.6 Å². The molecule has 0 spiro atoms. The van der Waals surface area contributed by atoms with Crippen LogP contribution in [-0.2, 0) is 4.79 Å². The van der Waals surface area contributed by atoms with Crippen molar-refractivity contribution in [2.45, 2.75) is 31.8 Å². The van der Waals surface area contributed by atoms with Crippen LogP contribution in [-0.4, -0.2) is 27.8 Å². The van der Waals surface area contributed by atoms with E-state index in [0.29, 0.717) is 34.1 Å². The molecule has 0 saturated heterocycles. The molecule has 34 heavy (non-hydrogen) atoms. The molecule has 0 aliphatic rings. The highest BCUT2D eigenvalue weighted by Gasteiger charge is 2.18. The number of fused-ring (bicyclic) bond motifs is 1. The molecule has 1 aromatic heterocycles. The number of rotatable bonds is 8. The summed E-state index contributed by atoms with van der Waals surface area (Å²) < 4.78 is 7.23. The van der Waals surface area contributed by atoms with Gasteiger partial charge in [-0.15, -0.1) is 0 Å². The van der Waals surface area contributed by atoms with Crippen molar-refractivity contribution in [1.29, 1.82) is 0 Å². The van der Waals surface area contributed by atoms with Gasteiger partial charge in [-0.05, 0) is 48.7 Å². The van der Waals surface area contributed by atoms with Crippen LogP contribution >= 0.6 is 11.8 Å². The Morgan fingerprint density at radius 2 is 1.74 bits per heavy atom. The molecule has 7 heteroatoms. The molecule has 6 nitrogen and oxygen atoms in total. The van der Waals surface area contributed by atoms with E-state index in [-0.39, 0.29) is 23.1 Å². The SMILES string of the molecule is CCOc1ccccc1NC(=O)CSc1nc2ccccc2c(=O)n1-c1ccccc1C(C)C. The summed E-state index contributed by atoms with van der Waals surface area (Å²) >= 11 is 1.24. The second kappa shape index (κ2) is 10.6. The first-order chi connectivity index (χ1) is 16.5. The number of hydrogen-bond donors (Lipinski definition) is 1. The Hall–Kier alpha value is -3.58. The van der Waals surface area contributed by atoms with Gasteiger partial charge >= 0.3 is 0 Å². The Kier molecular flexibility index (Phi) is 7.33. The molecule has 4 rings (SSSR count). The first kappa shape index (κ1) is 23.6. The smallest absolute Gasteiger partial charge is 0.266 e. The number of anilines is 1. The molecule has 1 N–H and O–H groups in total. The standard InChI is InChI=1S/C27H27N3O3S/c1-4-33-24-16-10-8-14-22(24)28-25(31)17-34-27-29-21-13-7-5-12-20(21)26(32)30(27)23-15-9-6-11-19(23)18(2)3/h5-16,18H,4,17H2,1-3H3,(H,28,31). The lowest BCUT2D eigenvalue weighted by atomic mass is 10.0. The fourth-order valence-electron chi connectivity index (χ4n) is 3.77. The molecule has 3 aromatic carbocycles. The maximum atomic E-state index is 13.6. The third-order valence-electron chi connectivity index (χ3n) is 5.34. The number of benzene rings is 3. The second-order valence-electron chi connectivity index (χ2n) is 8.03. The van der Waals surface area contributed by atoms with Crippen LogP contribution in [0.25, 0.3) is 16.6 Å². The van der Waals surface area contributed by atoms with Crippen LogP contribution in [0.2, 0.25) is 0 Å². The molecule has 1 heterocycles. The summed E-state index contributed by atoms with van der Waals surface area (Å²) in [6.45, 7) is 6.58. The van der Waals surface area contributed by atoms with Crippen molar-refractivity contribution in [3.63, 3.8) is 0 Å².